The summed E-state index contributed by atoms with van der Waals surface area (Å²) in [5.74, 6) is 0. The SMILES string of the molecule is CCNS(=O)(=O)c1ccccc1N1CCC(N)CC1C. The molecule has 5 nitrogen and oxygen atoms in total. The van der Waals surface area contributed by atoms with Crippen molar-refractivity contribution in [2.75, 3.05) is 18.0 Å². The third-order valence-corrected chi connectivity index (χ3v) is 5.31. The number of piperidine rings is 1. The van der Waals surface area contributed by atoms with Gasteiger partial charge in [0.25, 0.3) is 0 Å². The van der Waals surface area contributed by atoms with E-state index in [-0.39, 0.29) is 12.1 Å². The van der Waals surface area contributed by atoms with Crippen molar-refractivity contribution in [2.24, 2.45) is 5.73 Å². The van der Waals surface area contributed by atoms with Crippen LogP contribution in [0.1, 0.15) is 26.7 Å². The lowest BCUT2D eigenvalue weighted by Crippen LogP contribution is -2.46. The summed E-state index contributed by atoms with van der Waals surface area (Å²) in [5.41, 5.74) is 6.75. The van der Waals surface area contributed by atoms with Gasteiger partial charge in [-0.1, -0.05) is 19.1 Å². The van der Waals surface area contributed by atoms with Gasteiger partial charge in [0.1, 0.15) is 4.90 Å². The molecule has 2 atom stereocenters. The first kappa shape index (κ1) is 15.3. The fourth-order valence-corrected chi connectivity index (χ4v) is 4.01. The fraction of sp³-hybridized carbons (Fsp3) is 0.571. The first-order chi connectivity index (χ1) is 9.45. The molecule has 0 aliphatic carbocycles. The van der Waals surface area contributed by atoms with Gasteiger partial charge in [0.2, 0.25) is 10.0 Å². The van der Waals surface area contributed by atoms with Crippen LogP contribution in [0.4, 0.5) is 5.69 Å². The second-order valence-electron chi connectivity index (χ2n) is 5.30. The predicted octanol–water partition coefficient (Wildman–Crippen LogP) is 1.30. The number of nitrogens with zero attached hydrogens (tertiary/aromatic N) is 1. The minimum atomic E-state index is -3.45. The van der Waals surface area contributed by atoms with E-state index in [0.29, 0.717) is 11.4 Å². The van der Waals surface area contributed by atoms with Crippen LogP contribution in [-0.2, 0) is 10.0 Å². The molecule has 1 heterocycles. The topological polar surface area (TPSA) is 75.4 Å². The average molecular weight is 297 g/mol. The Morgan fingerprint density at radius 2 is 2.10 bits per heavy atom. The zero-order valence-electron chi connectivity index (χ0n) is 12.0. The second-order valence-corrected chi connectivity index (χ2v) is 7.03. The Kier molecular flexibility index (Phi) is 4.67. The van der Waals surface area contributed by atoms with E-state index in [0.717, 1.165) is 25.1 Å². The third kappa shape index (κ3) is 3.13. The van der Waals surface area contributed by atoms with Crippen molar-refractivity contribution in [3.63, 3.8) is 0 Å². The van der Waals surface area contributed by atoms with Crippen LogP contribution in [0.5, 0.6) is 0 Å². The molecule has 2 rings (SSSR count). The monoisotopic (exact) mass is 297 g/mol. The van der Waals surface area contributed by atoms with Gasteiger partial charge in [0.05, 0.1) is 5.69 Å². The lowest BCUT2D eigenvalue weighted by molar-refractivity contribution is 0.428. The molecule has 0 bridgehead atoms. The standard InChI is InChI=1S/C14H23N3O2S/c1-3-16-20(18,19)14-7-5-4-6-13(14)17-9-8-12(15)10-11(17)2/h4-7,11-12,16H,3,8-10,15H2,1-2H3. The third-order valence-electron chi connectivity index (χ3n) is 3.72. The van der Waals surface area contributed by atoms with Gasteiger partial charge in [0, 0.05) is 25.2 Å². The van der Waals surface area contributed by atoms with Crippen molar-refractivity contribution in [1.29, 1.82) is 0 Å². The van der Waals surface area contributed by atoms with Crippen molar-refractivity contribution in [3.8, 4) is 0 Å². The van der Waals surface area contributed by atoms with Gasteiger partial charge >= 0.3 is 0 Å². The van der Waals surface area contributed by atoms with Crippen LogP contribution in [0.3, 0.4) is 0 Å². The van der Waals surface area contributed by atoms with Crippen molar-refractivity contribution in [3.05, 3.63) is 24.3 Å². The first-order valence-corrected chi connectivity index (χ1v) is 8.55. The Morgan fingerprint density at radius 3 is 2.75 bits per heavy atom. The summed E-state index contributed by atoms with van der Waals surface area (Å²) in [6.07, 6.45) is 1.77. The molecule has 0 amide bonds. The Bertz CT molecular complexity index is 559. The molecule has 1 aromatic carbocycles. The van der Waals surface area contributed by atoms with Gasteiger partial charge in [-0.25, -0.2) is 13.1 Å². The minimum Gasteiger partial charge on any atom is -0.368 e. The molecule has 3 N–H and O–H groups in total. The molecule has 1 aliphatic heterocycles. The number of anilines is 1. The highest BCUT2D eigenvalue weighted by molar-refractivity contribution is 7.89. The van der Waals surface area contributed by atoms with Crippen LogP contribution in [0, 0.1) is 0 Å². The Morgan fingerprint density at radius 1 is 1.40 bits per heavy atom. The van der Waals surface area contributed by atoms with Crippen LogP contribution >= 0.6 is 0 Å². The maximum atomic E-state index is 12.3. The molecule has 0 saturated carbocycles. The molecular formula is C14H23N3O2S. The number of hydrogen-bond acceptors (Lipinski definition) is 4. The number of rotatable bonds is 4. The smallest absolute Gasteiger partial charge is 0.242 e. The Labute approximate surface area is 121 Å². The highest BCUT2D eigenvalue weighted by Gasteiger charge is 2.27. The van der Waals surface area contributed by atoms with Crippen LogP contribution in [0.25, 0.3) is 0 Å². The van der Waals surface area contributed by atoms with E-state index in [2.05, 4.69) is 16.5 Å². The molecule has 2 unspecified atom stereocenters. The minimum absolute atomic E-state index is 0.207. The Balaban J connectivity index is 2.38. The van der Waals surface area contributed by atoms with Gasteiger partial charge < -0.3 is 10.6 Å². The van der Waals surface area contributed by atoms with E-state index >= 15 is 0 Å². The summed E-state index contributed by atoms with van der Waals surface area (Å²) in [4.78, 5) is 2.50. The van der Waals surface area contributed by atoms with E-state index in [1.165, 1.54) is 0 Å². The zero-order chi connectivity index (χ0) is 14.8. The molecule has 1 aromatic rings. The quantitative estimate of drug-likeness (QED) is 0.878. The number of sulfonamides is 1. The van der Waals surface area contributed by atoms with Crippen molar-refractivity contribution in [1.82, 2.24) is 4.72 Å². The van der Waals surface area contributed by atoms with Crippen molar-refractivity contribution >= 4 is 15.7 Å². The zero-order valence-corrected chi connectivity index (χ0v) is 12.9. The highest BCUT2D eigenvalue weighted by atomic mass is 32.2. The molecule has 20 heavy (non-hydrogen) atoms. The summed E-state index contributed by atoms with van der Waals surface area (Å²) >= 11 is 0. The van der Waals surface area contributed by atoms with Gasteiger partial charge in [-0.15, -0.1) is 0 Å². The number of hydrogen-bond donors (Lipinski definition) is 2. The van der Waals surface area contributed by atoms with E-state index in [4.69, 9.17) is 5.73 Å². The van der Waals surface area contributed by atoms with Crippen molar-refractivity contribution < 1.29 is 8.42 Å². The summed E-state index contributed by atoms with van der Waals surface area (Å²) in [7, 11) is -3.45. The fourth-order valence-electron chi connectivity index (χ4n) is 2.76. The van der Waals surface area contributed by atoms with Crippen LogP contribution < -0.4 is 15.4 Å². The van der Waals surface area contributed by atoms with E-state index in [1.807, 2.05) is 12.1 Å². The normalized spacial score (nSPS) is 23.9. The number of para-hydroxylation sites is 1. The van der Waals surface area contributed by atoms with Gasteiger partial charge in [-0.05, 0) is 31.9 Å². The van der Waals surface area contributed by atoms with Crippen LogP contribution in [0.2, 0.25) is 0 Å². The van der Waals surface area contributed by atoms with Crippen molar-refractivity contribution in [2.45, 2.75) is 43.7 Å². The van der Waals surface area contributed by atoms with Crippen LogP contribution in [0.15, 0.2) is 29.2 Å². The molecule has 1 saturated heterocycles. The van der Waals surface area contributed by atoms with Gasteiger partial charge in [0.15, 0.2) is 0 Å². The average Bonchev–Trinajstić information content (AvgIpc) is 2.39. The van der Waals surface area contributed by atoms with Gasteiger partial charge in [-0.2, -0.15) is 0 Å². The molecule has 6 heteroatoms. The largest absolute Gasteiger partial charge is 0.368 e. The van der Waals surface area contributed by atoms with Gasteiger partial charge in [-0.3, -0.25) is 0 Å². The summed E-state index contributed by atoms with van der Waals surface area (Å²) < 4.78 is 27.2. The summed E-state index contributed by atoms with van der Waals surface area (Å²) in [6, 6.07) is 7.62. The van der Waals surface area contributed by atoms with E-state index in [1.54, 1.807) is 19.1 Å². The molecule has 0 radical (unpaired) electrons. The van der Waals surface area contributed by atoms with E-state index < -0.39 is 10.0 Å². The molecule has 112 valence electrons. The van der Waals surface area contributed by atoms with E-state index in [9.17, 15) is 8.42 Å². The lowest BCUT2D eigenvalue weighted by Gasteiger charge is -2.38. The Hall–Kier alpha value is -1.11. The second kappa shape index (κ2) is 6.11. The summed E-state index contributed by atoms with van der Waals surface area (Å²) in [5, 5.41) is 0. The molecule has 0 spiro atoms. The maximum absolute atomic E-state index is 12.3. The number of benzene rings is 1. The predicted molar refractivity (Wildman–Crippen MR) is 81.3 cm³/mol. The molecule has 1 aliphatic rings. The molecular weight excluding hydrogens is 274 g/mol. The highest BCUT2D eigenvalue weighted by Crippen LogP contribution is 2.30. The number of nitrogens with one attached hydrogen (secondary N) is 1. The maximum Gasteiger partial charge on any atom is 0.242 e. The number of nitrogens with two attached hydrogens (primary N) is 1. The first-order valence-electron chi connectivity index (χ1n) is 7.06. The summed E-state index contributed by atoms with van der Waals surface area (Å²) in [6.45, 7) is 5.05. The molecule has 0 aromatic heterocycles. The lowest BCUT2D eigenvalue weighted by atomic mass is 9.98. The molecule has 1 fully saturated rings. The van der Waals surface area contributed by atoms with Crippen LogP contribution in [-0.4, -0.2) is 33.6 Å².